The van der Waals surface area contributed by atoms with Crippen molar-refractivity contribution in [1.82, 2.24) is 9.97 Å². The number of aromatic nitrogens is 2. The number of nitrogens with zero attached hydrogens (tertiary/aromatic N) is 1. The molecule has 23 heavy (non-hydrogen) atoms. The van der Waals surface area contributed by atoms with Gasteiger partial charge in [-0.15, -0.1) is 0 Å². The van der Waals surface area contributed by atoms with Gasteiger partial charge in [-0.3, -0.25) is 5.32 Å². The number of phenolic OH excluding ortho intramolecular Hbond substituents is 1. The number of hydrogen-bond donors (Lipinski definition) is 3. The molecule has 1 aromatic heterocycles. The molecule has 1 amide bonds. The molecule has 0 aliphatic rings. The minimum Gasteiger partial charge on any atom is -0.508 e. The second-order valence-corrected chi connectivity index (χ2v) is 6.12. The molecule has 0 aliphatic carbocycles. The lowest BCUT2D eigenvalue weighted by atomic mass is 10.3. The minimum atomic E-state index is -1.39. The van der Waals surface area contributed by atoms with Crippen molar-refractivity contribution < 1.29 is 18.8 Å². The average molecular weight is 331 g/mol. The normalized spacial score (nSPS) is 12.0. The summed E-state index contributed by atoms with van der Waals surface area (Å²) in [5.74, 6) is 0.368. The highest BCUT2D eigenvalue weighted by molar-refractivity contribution is 7.85. The van der Waals surface area contributed by atoms with E-state index in [1.54, 1.807) is 30.3 Å². The highest BCUT2D eigenvalue weighted by atomic mass is 32.2. The Morgan fingerprint density at radius 1 is 1.22 bits per heavy atom. The van der Waals surface area contributed by atoms with Gasteiger partial charge in [-0.25, -0.2) is 14.0 Å². The summed E-state index contributed by atoms with van der Waals surface area (Å²) in [5.41, 5.74) is 1.27. The van der Waals surface area contributed by atoms with Crippen molar-refractivity contribution in [3.63, 3.8) is 0 Å². The fourth-order valence-electron chi connectivity index (χ4n) is 2.02. The molecule has 1 heterocycles. The van der Waals surface area contributed by atoms with Crippen LogP contribution in [0.3, 0.4) is 0 Å². The lowest BCUT2D eigenvalue weighted by Crippen LogP contribution is -2.11. The first-order valence-electron chi connectivity index (χ1n) is 6.62. The molecule has 0 saturated carbocycles. The van der Waals surface area contributed by atoms with Gasteiger partial charge in [0.05, 0.1) is 28.9 Å². The Balaban J connectivity index is 1.91. The van der Waals surface area contributed by atoms with E-state index in [2.05, 4.69) is 20.0 Å². The van der Waals surface area contributed by atoms with Crippen molar-refractivity contribution in [2.75, 3.05) is 12.4 Å². The molecule has 3 rings (SSSR count). The maximum Gasteiger partial charge on any atom is 0.413 e. The summed E-state index contributed by atoms with van der Waals surface area (Å²) in [7, 11) is -0.124. The van der Waals surface area contributed by atoms with Crippen molar-refractivity contribution >= 4 is 33.9 Å². The Labute approximate surface area is 133 Å². The van der Waals surface area contributed by atoms with E-state index in [-0.39, 0.29) is 11.7 Å². The van der Waals surface area contributed by atoms with E-state index in [1.807, 2.05) is 0 Å². The fraction of sp³-hybridized carbons (Fsp3) is 0.0667. The number of benzene rings is 2. The lowest BCUT2D eigenvalue weighted by molar-refractivity contribution is 0.186. The zero-order valence-corrected chi connectivity index (χ0v) is 12.9. The maximum absolute atomic E-state index is 12.5. The largest absolute Gasteiger partial charge is 0.508 e. The van der Waals surface area contributed by atoms with E-state index in [0.29, 0.717) is 20.8 Å². The van der Waals surface area contributed by atoms with Crippen LogP contribution in [0.25, 0.3) is 11.0 Å². The Bertz CT molecular complexity index is 889. The van der Waals surface area contributed by atoms with Crippen molar-refractivity contribution in [1.29, 1.82) is 0 Å². The number of carbonyl (C=O) groups is 1. The van der Waals surface area contributed by atoms with Crippen molar-refractivity contribution in [2.24, 2.45) is 0 Å². The predicted octanol–water partition coefficient (Wildman–Crippen LogP) is 2.61. The number of anilines is 1. The number of amides is 1. The molecule has 0 spiro atoms. The Morgan fingerprint density at radius 3 is 2.61 bits per heavy atom. The van der Waals surface area contributed by atoms with E-state index in [9.17, 15) is 14.1 Å². The van der Waals surface area contributed by atoms with E-state index < -0.39 is 16.9 Å². The SMILES string of the molecule is COC(=O)Nc1nc2ccc(S(=O)c3ccc(O)cc3)cc2[nH]1. The van der Waals surface area contributed by atoms with Gasteiger partial charge in [-0.1, -0.05) is 0 Å². The van der Waals surface area contributed by atoms with Crippen LogP contribution in [0.1, 0.15) is 0 Å². The number of hydrogen-bond acceptors (Lipinski definition) is 5. The molecule has 0 radical (unpaired) electrons. The van der Waals surface area contributed by atoms with E-state index in [1.165, 1.54) is 19.2 Å². The van der Waals surface area contributed by atoms with Gasteiger partial charge in [0, 0.05) is 9.79 Å². The Kier molecular flexibility index (Phi) is 3.98. The van der Waals surface area contributed by atoms with Crippen LogP contribution in [-0.4, -0.2) is 32.5 Å². The molecular weight excluding hydrogens is 318 g/mol. The highest BCUT2D eigenvalue weighted by Gasteiger charge is 2.11. The Hall–Kier alpha value is -2.87. The summed E-state index contributed by atoms with van der Waals surface area (Å²) in [6.45, 7) is 0. The summed E-state index contributed by atoms with van der Waals surface area (Å²) < 4.78 is 17.0. The van der Waals surface area contributed by atoms with Gasteiger partial charge in [-0.05, 0) is 42.5 Å². The van der Waals surface area contributed by atoms with Gasteiger partial charge < -0.3 is 14.8 Å². The zero-order valence-electron chi connectivity index (χ0n) is 12.1. The molecule has 0 bridgehead atoms. The smallest absolute Gasteiger partial charge is 0.413 e. The van der Waals surface area contributed by atoms with Crippen LogP contribution in [0.15, 0.2) is 52.3 Å². The lowest BCUT2D eigenvalue weighted by Gasteiger charge is -2.02. The first-order valence-corrected chi connectivity index (χ1v) is 7.77. The minimum absolute atomic E-state index is 0.119. The topological polar surface area (TPSA) is 104 Å². The first kappa shape index (κ1) is 15.0. The molecule has 0 aliphatic heterocycles. The van der Waals surface area contributed by atoms with Crippen LogP contribution in [-0.2, 0) is 15.5 Å². The molecule has 1 atom stereocenters. The average Bonchev–Trinajstić information content (AvgIpc) is 2.96. The van der Waals surface area contributed by atoms with Crippen molar-refractivity contribution in [2.45, 2.75) is 9.79 Å². The Morgan fingerprint density at radius 2 is 1.91 bits per heavy atom. The van der Waals surface area contributed by atoms with E-state index in [4.69, 9.17) is 0 Å². The number of aromatic hydroxyl groups is 1. The van der Waals surface area contributed by atoms with Crippen LogP contribution >= 0.6 is 0 Å². The third kappa shape index (κ3) is 3.16. The van der Waals surface area contributed by atoms with E-state index >= 15 is 0 Å². The van der Waals surface area contributed by atoms with Gasteiger partial charge in [0.2, 0.25) is 5.95 Å². The molecule has 0 saturated heterocycles. The molecule has 3 aromatic rings. The second kappa shape index (κ2) is 6.09. The van der Waals surface area contributed by atoms with Crippen molar-refractivity contribution in [3.8, 4) is 5.75 Å². The third-order valence-electron chi connectivity index (χ3n) is 3.12. The number of fused-ring (bicyclic) bond motifs is 1. The summed E-state index contributed by atoms with van der Waals surface area (Å²) in [6, 6.07) is 11.3. The number of imidazole rings is 1. The van der Waals surface area contributed by atoms with Crippen LogP contribution in [0, 0.1) is 0 Å². The first-order chi connectivity index (χ1) is 11.1. The highest BCUT2D eigenvalue weighted by Crippen LogP contribution is 2.23. The van der Waals surface area contributed by atoms with Crippen LogP contribution < -0.4 is 5.32 Å². The standard InChI is InChI=1S/C15H13N3O4S/c1-22-15(20)18-14-16-12-7-6-11(8-13(12)17-14)23(21)10-4-2-9(19)3-5-10/h2-8,19H,1H3,(H2,16,17,18,20). The molecular formula is C15H13N3O4S. The fourth-order valence-corrected chi connectivity index (χ4v) is 3.09. The number of nitrogens with one attached hydrogen (secondary N) is 2. The van der Waals surface area contributed by atoms with Crippen LogP contribution in [0.4, 0.5) is 10.7 Å². The maximum atomic E-state index is 12.5. The number of H-pyrrole nitrogens is 1. The molecule has 1 unspecified atom stereocenters. The van der Waals surface area contributed by atoms with Gasteiger partial charge in [-0.2, -0.15) is 0 Å². The number of methoxy groups -OCH3 is 1. The molecule has 118 valence electrons. The van der Waals surface area contributed by atoms with E-state index in [0.717, 1.165) is 0 Å². The quantitative estimate of drug-likeness (QED) is 0.684. The van der Waals surface area contributed by atoms with Crippen LogP contribution in [0.2, 0.25) is 0 Å². The second-order valence-electron chi connectivity index (χ2n) is 4.64. The number of aromatic amines is 1. The number of rotatable bonds is 3. The molecule has 3 N–H and O–H groups in total. The summed E-state index contributed by atoms with van der Waals surface area (Å²) >= 11 is 0. The third-order valence-corrected chi connectivity index (χ3v) is 4.51. The summed E-state index contributed by atoms with van der Waals surface area (Å²) in [6.07, 6.45) is -0.628. The molecule has 0 fully saturated rings. The summed E-state index contributed by atoms with van der Waals surface area (Å²) in [4.78, 5) is 19.4. The summed E-state index contributed by atoms with van der Waals surface area (Å²) in [5, 5.41) is 11.7. The number of carbonyl (C=O) groups excluding carboxylic acids is 1. The van der Waals surface area contributed by atoms with Gasteiger partial charge in [0.25, 0.3) is 0 Å². The number of ether oxygens (including phenoxy) is 1. The predicted molar refractivity (Wildman–Crippen MR) is 84.9 cm³/mol. The monoisotopic (exact) mass is 331 g/mol. The molecule has 8 heteroatoms. The van der Waals surface area contributed by atoms with Gasteiger partial charge in [0.1, 0.15) is 5.75 Å². The van der Waals surface area contributed by atoms with Gasteiger partial charge in [0.15, 0.2) is 0 Å². The molecule has 7 nitrogen and oxygen atoms in total. The molecule has 2 aromatic carbocycles. The zero-order chi connectivity index (χ0) is 16.4. The van der Waals surface area contributed by atoms with Gasteiger partial charge >= 0.3 is 6.09 Å². The number of phenols is 1. The van der Waals surface area contributed by atoms with Crippen LogP contribution in [0.5, 0.6) is 5.75 Å². The van der Waals surface area contributed by atoms with Crippen molar-refractivity contribution in [3.05, 3.63) is 42.5 Å².